The van der Waals surface area contributed by atoms with Crippen molar-refractivity contribution in [3.8, 4) is 16.3 Å². The third-order valence-electron chi connectivity index (χ3n) is 4.76. The van der Waals surface area contributed by atoms with Gasteiger partial charge in [-0.05, 0) is 36.4 Å². The molecule has 0 saturated heterocycles. The van der Waals surface area contributed by atoms with Crippen molar-refractivity contribution >= 4 is 44.7 Å². The van der Waals surface area contributed by atoms with Crippen molar-refractivity contribution < 1.29 is 14.3 Å². The van der Waals surface area contributed by atoms with Gasteiger partial charge in [0.15, 0.2) is 6.10 Å². The van der Waals surface area contributed by atoms with Gasteiger partial charge in [-0.25, -0.2) is 4.98 Å². The van der Waals surface area contributed by atoms with Crippen LogP contribution in [0.15, 0.2) is 72.8 Å². The van der Waals surface area contributed by atoms with Gasteiger partial charge >= 0.3 is 0 Å². The number of para-hydroxylation sites is 3. The van der Waals surface area contributed by atoms with Crippen molar-refractivity contribution in [1.82, 2.24) is 4.98 Å². The summed E-state index contributed by atoms with van der Waals surface area (Å²) in [4.78, 5) is 29.5. The smallest absolute Gasteiger partial charge is 0.266 e. The molecule has 1 aliphatic heterocycles. The maximum Gasteiger partial charge on any atom is 0.266 e. The molecule has 30 heavy (non-hydrogen) atoms. The zero-order valence-corrected chi connectivity index (χ0v) is 16.6. The lowest BCUT2D eigenvalue weighted by atomic mass is 10.1. The van der Waals surface area contributed by atoms with Gasteiger partial charge in [-0.3, -0.25) is 9.59 Å². The van der Waals surface area contributed by atoms with Crippen LogP contribution in [-0.2, 0) is 9.59 Å². The monoisotopic (exact) mass is 415 g/mol. The molecule has 1 atom stereocenters. The van der Waals surface area contributed by atoms with Crippen LogP contribution in [0, 0.1) is 0 Å². The molecule has 4 aromatic rings. The largest absolute Gasteiger partial charge is 0.478 e. The van der Waals surface area contributed by atoms with Crippen molar-refractivity contribution in [2.75, 3.05) is 10.6 Å². The molecular weight excluding hydrogens is 398 g/mol. The van der Waals surface area contributed by atoms with E-state index in [9.17, 15) is 9.59 Å². The maximum atomic E-state index is 12.5. The summed E-state index contributed by atoms with van der Waals surface area (Å²) in [5.41, 5.74) is 3.14. The second kappa shape index (κ2) is 7.61. The molecule has 2 N–H and O–H groups in total. The Kier molecular flexibility index (Phi) is 4.65. The van der Waals surface area contributed by atoms with Crippen molar-refractivity contribution in [2.24, 2.45) is 0 Å². The third-order valence-corrected chi connectivity index (χ3v) is 5.85. The first-order valence-corrected chi connectivity index (χ1v) is 10.3. The summed E-state index contributed by atoms with van der Waals surface area (Å²) in [6, 6.07) is 22.7. The first kappa shape index (κ1) is 18.3. The van der Waals surface area contributed by atoms with Crippen LogP contribution in [0.3, 0.4) is 0 Å². The lowest BCUT2D eigenvalue weighted by molar-refractivity contribution is -0.128. The summed E-state index contributed by atoms with van der Waals surface area (Å²) in [7, 11) is 0. The van der Waals surface area contributed by atoms with E-state index in [4.69, 9.17) is 4.74 Å². The fourth-order valence-electron chi connectivity index (χ4n) is 3.33. The Morgan fingerprint density at radius 3 is 2.80 bits per heavy atom. The molecule has 5 rings (SSSR count). The lowest BCUT2D eigenvalue weighted by Gasteiger charge is -2.25. The maximum absolute atomic E-state index is 12.5. The van der Waals surface area contributed by atoms with Crippen molar-refractivity contribution in [3.05, 3.63) is 72.8 Å². The number of hydrogen-bond donors (Lipinski definition) is 2. The molecule has 1 aromatic heterocycles. The van der Waals surface area contributed by atoms with Crippen molar-refractivity contribution in [2.45, 2.75) is 12.5 Å². The van der Waals surface area contributed by atoms with Crippen LogP contribution in [0.5, 0.6) is 5.75 Å². The van der Waals surface area contributed by atoms with Crippen molar-refractivity contribution in [1.29, 1.82) is 0 Å². The predicted octanol–water partition coefficient (Wildman–Crippen LogP) is 4.69. The van der Waals surface area contributed by atoms with E-state index in [2.05, 4.69) is 15.6 Å². The summed E-state index contributed by atoms with van der Waals surface area (Å²) in [6.45, 7) is 0. The Balaban J connectivity index is 1.30. The Labute approximate surface area is 176 Å². The summed E-state index contributed by atoms with van der Waals surface area (Å²) in [5.74, 6) is -0.0595. The number of carbonyl (C=O) groups is 2. The van der Waals surface area contributed by atoms with Gasteiger partial charge < -0.3 is 15.4 Å². The molecule has 7 heteroatoms. The van der Waals surface area contributed by atoms with Crippen LogP contribution >= 0.6 is 11.3 Å². The van der Waals surface area contributed by atoms with Gasteiger partial charge in [0.25, 0.3) is 5.91 Å². The first-order chi connectivity index (χ1) is 14.7. The number of hydrogen-bond acceptors (Lipinski definition) is 5. The summed E-state index contributed by atoms with van der Waals surface area (Å²) >= 11 is 1.60. The number of nitrogens with zero attached hydrogens (tertiary/aromatic N) is 1. The third kappa shape index (κ3) is 3.62. The van der Waals surface area contributed by atoms with E-state index < -0.39 is 6.10 Å². The van der Waals surface area contributed by atoms with E-state index in [1.165, 1.54) is 0 Å². The molecule has 0 aliphatic carbocycles. The molecule has 0 unspecified atom stereocenters. The molecule has 0 saturated carbocycles. The minimum atomic E-state index is -0.868. The molecule has 0 bridgehead atoms. The van der Waals surface area contributed by atoms with Crippen LogP contribution in [0.2, 0.25) is 0 Å². The van der Waals surface area contributed by atoms with Crippen LogP contribution in [0.4, 0.5) is 11.4 Å². The second-order valence-electron chi connectivity index (χ2n) is 6.91. The summed E-state index contributed by atoms with van der Waals surface area (Å²) < 4.78 is 6.81. The Morgan fingerprint density at radius 1 is 1.07 bits per heavy atom. The lowest BCUT2D eigenvalue weighted by Crippen LogP contribution is -2.39. The number of benzene rings is 3. The van der Waals surface area contributed by atoms with E-state index in [0.717, 1.165) is 20.8 Å². The molecule has 2 heterocycles. The van der Waals surface area contributed by atoms with Gasteiger partial charge in [0.05, 0.1) is 22.3 Å². The number of nitrogens with one attached hydrogen (secondary N) is 2. The number of rotatable bonds is 4. The minimum Gasteiger partial charge on any atom is -0.478 e. The molecule has 3 aromatic carbocycles. The van der Waals surface area contributed by atoms with E-state index in [1.807, 2.05) is 60.7 Å². The standard InChI is InChI=1S/C23H17N3O3S/c27-21(13-19-22(28)25-16-8-1-3-10-18(16)29-19)24-15-7-5-6-14(12-15)23-26-17-9-2-4-11-20(17)30-23/h1-12,19H,13H2,(H,24,27)(H,25,28)/t19-/m0/s1. The Morgan fingerprint density at radius 2 is 1.90 bits per heavy atom. The molecule has 148 valence electrons. The average Bonchev–Trinajstić information content (AvgIpc) is 3.19. The zero-order chi connectivity index (χ0) is 20.5. The molecule has 2 amide bonds. The molecular formula is C23H17N3O3S. The quantitative estimate of drug-likeness (QED) is 0.507. The van der Waals surface area contributed by atoms with E-state index in [-0.39, 0.29) is 18.2 Å². The molecule has 6 nitrogen and oxygen atoms in total. The number of carbonyl (C=O) groups excluding carboxylic acids is 2. The fourth-order valence-corrected chi connectivity index (χ4v) is 4.30. The van der Waals surface area contributed by atoms with Crippen LogP contribution in [0.25, 0.3) is 20.8 Å². The molecule has 0 radical (unpaired) electrons. The number of ether oxygens (including phenoxy) is 1. The number of amides is 2. The highest BCUT2D eigenvalue weighted by atomic mass is 32.1. The van der Waals surface area contributed by atoms with Gasteiger partial charge in [0.1, 0.15) is 10.8 Å². The average molecular weight is 415 g/mol. The molecule has 0 spiro atoms. The van der Waals surface area contributed by atoms with E-state index >= 15 is 0 Å². The van der Waals surface area contributed by atoms with Gasteiger partial charge in [-0.1, -0.05) is 36.4 Å². The van der Waals surface area contributed by atoms with Crippen LogP contribution < -0.4 is 15.4 Å². The number of fused-ring (bicyclic) bond motifs is 2. The van der Waals surface area contributed by atoms with Crippen LogP contribution in [-0.4, -0.2) is 22.9 Å². The summed E-state index contributed by atoms with van der Waals surface area (Å²) in [5, 5.41) is 6.52. The van der Waals surface area contributed by atoms with Crippen molar-refractivity contribution in [3.63, 3.8) is 0 Å². The number of anilines is 2. The Hall–Kier alpha value is -3.71. The molecule has 0 fully saturated rings. The Bertz CT molecular complexity index is 1230. The number of aromatic nitrogens is 1. The van der Waals surface area contributed by atoms with Gasteiger partial charge in [-0.2, -0.15) is 0 Å². The van der Waals surface area contributed by atoms with E-state index in [1.54, 1.807) is 23.5 Å². The van der Waals surface area contributed by atoms with E-state index in [0.29, 0.717) is 17.1 Å². The predicted molar refractivity (Wildman–Crippen MR) is 118 cm³/mol. The topological polar surface area (TPSA) is 80.3 Å². The van der Waals surface area contributed by atoms with Gasteiger partial charge in [0, 0.05) is 11.3 Å². The second-order valence-corrected chi connectivity index (χ2v) is 7.94. The first-order valence-electron chi connectivity index (χ1n) is 9.48. The van der Waals surface area contributed by atoms with Crippen LogP contribution in [0.1, 0.15) is 6.42 Å². The summed E-state index contributed by atoms with van der Waals surface area (Å²) in [6.07, 6.45) is -0.946. The SMILES string of the molecule is O=C(C[C@@H]1Oc2ccccc2NC1=O)Nc1cccc(-c2nc3ccccc3s2)c1. The fraction of sp³-hybridized carbons (Fsp3) is 0.0870. The highest BCUT2D eigenvalue weighted by Crippen LogP contribution is 2.32. The number of thiazole rings is 1. The van der Waals surface area contributed by atoms with Gasteiger partial charge in [-0.15, -0.1) is 11.3 Å². The zero-order valence-electron chi connectivity index (χ0n) is 15.8. The highest BCUT2D eigenvalue weighted by Gasteiger charge is 2.29. The minimum absolute atomic E-state index is 0.0778. The van der Waals surface area contributed by atoms with Gasteiger partial charge in [0.2, 0.25) is 5.91 Å². The molecule has 1 aliphatic rings. The normalized spacial score (nSPS) is 15.2. The highest BCUT2D eigenvalue weighted by molar-refractivity contribution is 7.21.